The van der Waals surface area contributed by atoms with Crippen LogP contribution in [-0.4, -0.2) is 27.4 Å². The van der Waals surface area contributed by atoms with Crippen molar-refractivity contribution in [3.63, 3.8) is 0 Å². The van der Waals surface area contributed by atoms with Gasteiger partial charge in [0.05, 0.1) is 12.0 Å². The molecule has 0 spiro atoms. The van der Waals surface area contributed by atoms with E-state index in [0.29, 0.717) is 23.1 Å². The number of nitrogens with zero attached hydrogens (tertiary/aromatic N) is 1. The van der Waals surface area contributed by atoms with Crippen molar-refractivity contribution < 1.29 is 25.0 Å². The van der Waals surface area contributed by atoms with E-state index in [0.717, 1.165) is 5.57 Å². The number of phenolic OH excluding ortho intramolecular Hbond substituents is 3. The van der Waals surface area contributed by atoms with Gasteiger partial charge >= 0.3 is 5.69 Å². The summed E-state index contributed by atoms with van der Waals surface area (Å²) in [7, 11) is 1.30. The summed E-state index contributed by atoms with van der Waals surface area (Å²) < 4.78 is 4.95. The molecule has 0 aliphatic carbocycles. The van der Waals surface area contributed by atoms with E-state index in [9.17, 15) is 25.4 Å². The predicted molar refractivity (Wildman–Crippen MR) is 103 cm³/mol. The molecular weight excluding hydrogens is 350 g/mol. The van der Waals surface area contributed by atoms with E-state index in [4.69, 9.17) is 4.74 Å². The van der Waals surface area contributed by atoms with E-state index in [-0.39, 0.29) is 17.2 Å². The number of hydrogen-bond donors (Lipinski definition) is 3. The van der Waals surface area contributed by atoms with Crippen LogP contribution in [0.2, 0.25) is 0 Å². The normalized spacial score (nSPS) is 10.8. The van der Waals surface area contributed by atoms with E-state index in [2.05, 4.69) is 0 Å². The molecule has 2 aromatic rings. The van der Waals surface area contributed by atoms with Crippen molar-refractivity contribution in [2.24, 2.45) is 0 Å². The highest BCUT2D eigenvalue weighted by molar-refractivity contribution is 5.75. The van der Waals surface area contributed by atoms with Crippen LogP contribution < -0.4 is 4.74 Å². The van der Waals surface area contributed by atoms with Gasteiger partial charge in [-0.1, -0.05) is 23.8 Å². The van der Waals surface area contributed by atoms with Crippen molar-refractivity contribution in [1.82, 2.24) is 0 Å². The summed E-state index contributed by atoms with van der Waals surface area (Å²) in [4.78, 5) is 10.3. The molecule has 7 nitrogen and oxygen atoms in total. The van der Waals surface area contributed by atoms with Crippen molar-refractivity contribution >= 4 is 17.8 Å². The first-order valence-corrected chi connectivity index (χ1v) is 8.14. The van der Waals surface area contributed by atoms with E-state index >= 15 is 0 Å². The van der Waals surface area contributed by atoms with Crippen molar-refractivity contribution in [3.05, 3.63) is 62.7 Å². The fraction of sp³-hybridized carbons (Fsp3) is 0.200. The summed E-state index contributed by atoms with van der Waals surface area (Å²) >= 11 is 0. The first-order chi connectivity index (χ1) is 12.7. The highest BCUT2D eigenvalue weighted by Gasteiger charge is 2.19. The lowest BCUT2D eigenvalue weighted by molar-refractivity contribution is -0.386. The van der Waals surface area contributed by atoms with Crippen LogP contribution in [-0.2, 0) is 6.42 Å². The van der Waals surface area contributed by atoms with Gasteiger partial charge < -0.3 is 20.1 Å². The molecule has 0 aliphatic rings. The second-order valence-electron chi connectivity index (χ2n) is 6.20. The second kappa shape index (κ2) is 8.27. The Morgan fingerprint density at radius 1 is 1.07 bits per heavy atom. The average Bonchev–Trinajstić information content (AvgIpc) is 2.59. The maximum Gasteiger partial charge on any atom is 0.315 e. The Kier molecular flexibility index (Phi) is 6.07. The first kappa shape index (κ1) is 19.8. The SMILES string of the molecule is COc1cc(C=Cc2cc(O)c(CC=C(C)C)c(O)c2)cc([N+](=O)[O-])c1O. The minimum Gasteiger partial charge on any atom is -0.507 e. The molecule has 0 aliphatic heterocycles. The Hall–Kier alpha value is -3.48. The lowest BCUT2D eigenvalue weighted by Gasteiger charge is -2.08. The molecule has 0 fully saturated rings. The Bertz CT molecular complexity index is 903. The minimum absolute atomic E-state index is 0.0217. The zero-order valence-electron chi connectivity index (χ0n) is 15.3. The second-order valence-corrected chi connectivity index (χ2v) is 6.20. The number of methoxy groups -OCH3 is 1. The quantitative estimate of drug-likeness (QED) is 0.300. The summed E-state index contributed by atoms with van der Waals surface area (Å²) in [5.41, 5.74) is 1.96. The first-order valence-electron chi connectivity index (χ1n) is 8.14. The molecule has 0 atom stereocenters. The van der Waals surface area contributed by atoms with Crippen molar-refractivity contribution in [3.8, 4) is 23.0 Å². The van der Waals surface area contributed by atoms with Gasteiger partial charge in [-0.05, 0) is 49.6 Å². The lowest BCUT2D eigenvalue weighted by atomic mass is 10.0. The van der Waals surface area contributed by atoms with E-state index in [1.54, 1.807) is 12.2 Å². The van der Waals surface area contributed by atoms with Gasteiger partial charge in [0, 0.05) is 11.6 Å². The predicted octanol–water partition coefficient (Wildman–Crippen LogP) is 4.40. The number of nitro groups is 1. The molecule has 0 bridgehead atoms. The van der Waals surface area contributed by atoms with Gasteiger partial charge in [0.2, 0.25) is 5.75 Å². The molecule has 0 saturated heterocycles. The van der Waals surface area contributed by atoms with Crippen LogP contribution in [0, 0.1) is 10.1 Å². The standard InChI is InChI=1S/C20H21NO6/c1-12(2)4-7-15-17(22)9-14(10-18(15)23)6-5-13-8-16(21(25)26)20(24)19(11-13)27-3/h4-6,8-11,22-24H,7H2,1-3H3. The number of allylic oxidation sites excluding steroid dienone is 2. The van der Waals surface area contributed by atoms with Crippen molar-refractivity contribution in [1.29, 1.82) is 0 Å². The third-order valence-electron chi connectivity index (χ3n) is 3.90. The molecule has 142 valence electrons. The van der Waals surface area contributed by atoms with Crippen LogP contribution in [0.15, 0.2) is 35.9 Å². The smallest absolute Gasteiger partial charge is 0.315 e. The van der Waals surface area contributed by atoms with Crippen LogP contribution in [0.4, 0.5) is 5.69 Å². The maximum absolute atomic E-state index is 11.0. The minimum atomic E-state index is -0.703. The third-order valence-corrected chi connectivity index (χ3v) is 3.90. The lowest BCUT2D eigenvalue weighted by Crippen LogP contribution is -1.93. The number of phenols is 3. The average molecular weight is 371 g/mol. The molecule has 0 radical (unpaired) electrons. The van der Waals surface area contributed by atoms with Crippen LogP contribution >= 0.6 is 0 Å². The maximum atomic E-state index is 11.0. The number of nitro benzene ring substituents is 1. The molecule has 0 aromatic heterocycles. The zero-order chi connectivity index (χ0) is 20.1. The number of ether oxygens (including phenoxy) is 1. The summed E-state index contributed by atoms with van der Waals surface area (Å²) in [5, 5.41) is 41.2. The van der Waals surface area contributed by atoms with E-state index in [1.165, 1.54) is 31.4 Å². The van der Waals surface area contributed by atoms with Gasteiger partial charge in [0.15, 0.2) is 5.75 Å². The number of benzene rings is 2. The Labute approximate surface area is 156 Å². The highest BCUT2D eigenvalue weighted by atomic mass is 16.6. The molecule has 2 rings (SSSR count). The van der Waals surface area contributed by atoms with Crippen LogP contribution in [0.1, 0.15) is 30.5 Å². The van der Waals surface area contributed by atoms with Crippen LogP contribution in [0.25, 0.3) is 12.2 Å². The van der Waals surface area contributed by atoms with Crippen LogP contribution in [0.5, 0.6) is 23.0 Å². The summed E-state index contributed by atoms with van der Waals surface area (Å²) in [5.74, 6) is -0.645. The fourth-order valence-corrected chi connectivity index (χ4v) is 2.47. The molecule has 7 heteroatoms. The topological polar surface area (TPSA) is 113 Å². The molecule has 0 saturated carbocycles. The van der Waals surface area contributed by atoms with E-state index < -0.39 is 16.4 Å². The molecule has 0 heterocycles. The van der Waals surface area contributed by atoms with Gasteiger partial charge in [-0.15, -0.1) is 0 Å². The van der Waals surface area contributed by atoms with Crippen molar-refractivity contribution in [2.45, 2.75) is 20.3 Å². The van der Waals surface area contributed by atoms with Crippen LogP contribution in [0.3, 0.4) is 0 Å². The molecule has 3 N–H and O–H groups in total. The summed E-state index contributed by atoms with van der Waals surface area (Å²) in [6.07, 6.45) is 5.44. The Morgan fingerprint density at radius 2 is 1.63 bits per heavy atom. The summed E-state index contributed by atoms with van der Waals surface area (Å²) in [6.45, 7) is 3.85. The molecular formula is C20H21NO6. The van der Waals surface area contributed by atoms with Gasteiger partial charge in [-0.3, -0.25) is 10.1 Å². The molecule has 0 unspecified atom stereocenters. The Balaban J connectivity index is 2.37. The van der Waals surface area contributed by atoms with E-state index in [1.807, 2.05) is 19.9 Å². The van der Waals surface area contributed by atoms with Gasteiger partial charge in [-0.25, -0.2) is 0 Å². The van der Waals surface area contributed by atoms with Crippen molar-refractivity contribution in [2.75, 3.05) is 7.11 Å². The highest BCUT2D eigenvalue weighted by Crippen LogP contribution is 2.37. The fourth-order valence-electron chi connectivity index (χ4n) is 2.47. The third kappa shape index (κ3) is 4.78. The zero-order valence-corrected chi connectivity index (χ0v) is 15.3. The monoisotopic (exact) mass is 371 g/mol. The van der Waals surface area contributed by atoms with Gasteiger partial charge in [0.25, 0.3) is 0 Å². The summed E-state index contributed by atoms with van der Waals surface area (Å²) in [6, 6.07) is 5.64. The molecule has 0 amide bonds. The number of aromatic hydroxyl groups is 3. The number of hydrogen-bond acceptors (Lipinski definition) is 6. The van der Waals surface area contributed by atoms with Gasteiger partial charge in [0.1, 0.15) is 11.5 Å². The van der Waals surface area contributed by atoms with Gasteiger partial charge in [-0.2, -0.15) is 0 Å². The molecule has 2 aromatic carbocycles. The number of rotatable bonds is 6. The largest absolute Gasteiger partial charge is 0.507 e. The molecule has 27 heavy (non-hydrogen) atoms. The Morgan fingerprint density at radius 3 is 2.11 bits per heavy atom.